The van der Waals surface area contributed by atoms with Crippen LogP contribution in [0.5, 0.6) is 0 Å². The van der Waals surface area contributed by atoms with Crippen molar-refractivity contribution in [3.05, 3.63) is 29.8 Å². The molecule has 1 aromatic carbocycles. The number of carbonyl (C=O) groups excluding carboxylic acids is 1. The topological polar surface area (TPSA) is 53.2 Å². The molecule has 1 fully saturated rings. The summed E-state index contributed by atoms with van der Waals surface area (Å²) in [7, 11) is 0. The summed E-state index contributed by atoms with van der Waals surface area (Å²) in [4.78, 5) is 11.9. The fourth-order valence-electron chi connectivity index (χ4n) is 2.14. The van der Waals surface area contributed by atoms with E-state index >= 15 is 0 Å². The van der Waals surface area contributed by atoms with Crippen LogP contribution in [0.2, 0.25) is 0 Å². The quantitative estimate of drug-likeness (QED) is 0.783. The molecule has 0 radical (unpaired) electrons. The van der Waals surface area contributed by atoms with E-state index in [2.05, 4.69) is 23.1 Å². The number of anilines is 1. The Hall–Kier alpha value is -1.53. The van der Waals surface area contributed by atoms with Crippen molar-refractivity contribution >= 4 is 11.6 Å². The van der Waals surface area contributed by atoms with Gasteiger partial charge >= 0.3 is 0 Å². The summed E-state index contributed by atoms with van der Waals surface area (Å²) in [6, 6.07) is 2.92. The summed E-state index contributed by atoms with van der Waals surface area (Å²) < 4.78 is 26.2. The average molecular weight is 269 g/mol. The van der Waals surface area contributed by atoms with Gasteiger partial charge in [0.15, 0.2) is 0 Å². The van der Waals surface area contributed by atoms with Crippen LogP contribution in [0.3, 0.4) is 0 Å². The molecule has 1 aliphatic heterocycles. The standard InChI is InChI=1S/C13H17F2N3O/c1-2-3-9-7-12(18-17-9)13(19)16-11-5-4-8(14)6-10(11)15/h4-6,9,12,17-18H,2-3,7H2,1H3,(H,16,19). The summed E-state index contributed by atoms with van der Waals surface area (Å²) in [5.41, 5.74) is 5.91. The van der Waals surface area contributed by atoms with Crippen LogP contribution in [0.4, 0.5) is 14.5 Å². The van der Waals surface area contributed by atoms with Gasteiger partial charge < -0.3 is 5.32 Å². The van der Waals surface area contributed by atoms with Crippen molar-refractivity contribution in [3.63, 3.8) is 0 Å². The highest BCUT2D eigenvalue weighted by molar-refractivity contribution is 5.95. The minimum Gasteiger partial charge on any atom is -0.322 e. The van der Waals surface area contributed by atoms with Gasteiger partial charge in [0.1, 0.15) is 17.7 Å². The fraction of sp³-hybridized carbons (Fsp3) is 0.462. The van der Waals surface area contributed by atoms with E-state index in [1.54, 1.807) is 0 Å². The third kappa shape index (κ3) is 3.48. The molecule has 0 aromatic heterocycles. The lowest BCUT2D eigenvalue weighted by Crippen LogP contribution is -2.40. The second-order valence-electron chi connectivity index (χ2n) is 4.68. The van der Waals surface area contributed by atoms with Crippen molar-refractivity contribution < 1.29 is 13.6 Å². The Bertz CT molecular complexity index is 467. The summed E-state index contributed by atoms with van der Waals surface area (Å²) >= 11 is 0. The second-order valence-corrected chi connectivity index (χ2v) is 4.68. The lowest BCUT2D eigenvalue weighted by Gasteiger charge is -2.11. The molecule has 2 rings (SSSR count). The van der Waals surface area contributed by atoms with Crippen molar-refractivity contribution in [2.75, 3.05) is 5.32 Å². The highest BCUT2D eigenvalue weighted by Gasteiger charge is 2.28. The fourth-order valence-corrected chi connectivity index (χ4v) is 2.14. The van der Waals surface area contributed by atoms with Gasteiger partial charge in [0.05, 0.1) is 5.69 Å². The number of hydrogen-bond acceptors (Lipinski definition) is 3. The number of hydrogen-bond donors (Lipinski definition) is 3. The normalized spacial score (nSPS) is 22.5. The maximum Gasteiger partial charge on any atom is 0.243 e. The van der Waals surface area contributed by atoms with Crippen LogP contribution >= 0.6 is 0 Å². The predicted octanol–water partition coefficient (Wildman–Crippen LogP) is 1.94. The smallest absolute Gasteiger partial charge is 0.243 e. The first-order valence-corrected chi connectivity index (χ1v) is 6.37. The average Bonchev–Trinajstić information content (AvgIpc) is 2.82. The van der Waals surface area contributed by atoms with Crippen LogP contribution in [-0.2, 0) is 4.79 Å². The molecule has 19 heavy (non-hydrogen) atoms. The molecule has 1 aliphatic rings. The minimum absolute atomic E-state index is 0.00728. The van der Waals surface area contributed by atoms with Gasteiger partial charge in [0, 0.05) is 12.1 Å². The van der Waals surface area contributed by atoms with Crippen molar-refractivity contribution in [1.29, 1.82) is 0 Å². The second kappa shape index (κ2) is 6.08. The Balaban J connectivity index is 1.94. The summed E-state index contributed by atoms with van der Waals surface area (Å²) in [6.45, 7) is 2.07. The number of halogens is 2. The van der Waals surface area contributed by atoms with E-state index < -0.39 is 17.7 Å². The highest BCUT2D eigenvalue weighted by atomic mass is 19.1. The Labute approximate surface area is 110 Å². The van der Waals surface area contributed by atoms with Crippen molar-refractivity contribution in [1.82, 2.24) is 10.9 Å². The summed E-state index contributed by atoms with van der Waals surface area (Å²) in [5, 5.41) is 2.46. The van der Waals surface area contributed by atoms with Gasteiger partial charge in [-0.05, 0) is 25.0 Å². The van der Waals surface area contributed by atoms with E-state index in [9.17, 15) is 13.6 Å². The first kappa shape index (κ1) is 13.9. The van der Waals surface area contributed by atoms with Gasteiger partial charge in [0.25, 0.3) is 0 Å². The number of hydrazine groups is 1. The molecule has 0 spiro atoms. The molecule has 1 heterocycles. The molecule has 104 valence electrons. The Morgan fingerprint density at radius 2 is 2.21 bits per heavy atom. The molecule has 4 nitrogen and oxygen atoms in total. The minimum atomic E-state index is -0.774. The van der Waals surface area contributed by atoms with Crippen LogP contribution in [0.1, 0.15) is 26.2 Å². The SMILES string of the molecule is CCCC1CC(C(=O)Nc2ccc(F)cc2F)NN1. The van der Waals surface area contributed by atoms with Crippen LogP contribution in [0.25, 0.3) is 0 Å². The lowest BCUT2D eigenvalue weighted by molar-refractivity contribution is -0.117. The Morgan fingerprint density at radius 3 is 2.89 bits per heavy atom. The molecular weight excluding hydrogens is 252 g/mol. The van der Waals surface area contributed by atoms with Crippen LogP contribution in [0.15, 0.2) is 18.2 Å². The molecule has 2 unspecified atom stereocenters. The zero-order valence-corrected chi connectivity index (χ0v) is 10.7. The molecule has 6 heteroatoms. The van der Waals surface area contributed by atoms with E-state index in [1.807, 2.05) is 0 Å². The predicted molar refractivity (Wildman–Crippen MR) is 68.4 cm³/mol. The largest absolute Gasteiger partial charge is 0.322 e. The molecular formula is C13H17F2N3O. The number of benzene rings is 1. The number of amides is 1. The summed E-state index contributed by atoms with van der Waals surface area (Å²) in [6.07, 6.45) is 2.66. The van der Waals surface area contributed by atoms with Crippen LogP contribution in [-0.4, -0.2) is 18.0 Å². The highest BCUT2D eigenvalue weighted by Crippen LogP contribution is 2.17. The molecule has 0 saturated carbocycles. The zero-order chi connectivity index (χ0) is 13.8. The summed E-state index contributed by atoms with van der Waals surface area (Å²) in [5.74, 6) is -1.76. The van der Waals surface area contributed by atoms with Gasteiger partial charge in [-0.2, -0.15) is 0 Å². The molecule has 1 amide bonds. The van der Waals surface area contributed by atoms with Crippen molar-refractivity contribution in [2.24, 2.45) is 0 Å². The zero-order valence-electron chi connectivity index (χ0n) is 10.7. The molecule has 0 aliphatic carbocycles. The van der Waals surface area contributed by atoms with E-state index in [0.29, 0.717) is 6.42 Å². The van der Waals surface area contributed by atoms with Crippen LogP contribution < -0.4 is 16.2 Å². The third-order valence-corrected chi connectivity index (χ3v) is 3.12. The molecule has 1 saturated heterocycles. The number of nitrogens with one attached hydrogen (secondary N) is 3. The van der Waals surface area contributed by atoms with E-state index in [0.717, 1.165) is 25.0 Å². The molecule has 3 N–H and O–H groups in total. The number of rotatable bonds is 4. The molecule has 1 aromatic rings. The Morgan fingerprint density at radius 1 is 1.42 bits per heavy atom. The molecule has 0 bridgehead atoms. The van der Waals surface area contributed by atoms with E-state index in [4.69, 9.17) is 0 Å². The first-order valence-electron chi connectivity index (χ1n) is 6.37. The van der Waals surface area contributed by atoms with E-state index in [-0.39, 0.29) is 17.6 Å². The number of carbonyl (C=O) groups is 1. The van der Waals surface area contributed by atoms with Crippen LogP contribution in [0, 0.1) is 11.6 Å². The molecule has 2 atom stereocenters. The monoisotopic (exact) mass is 269 g/mol. The Kier molecular flexibility index (Phi) is 4.44. The maximum absolute atomic E-state index is 13.4. The van der Waals surface area contributed by atoms with Gasteiger partial charge in [-0.3, -0.25) is 10.2 Å². The third-order valence-electron chi connectivity index (χ3n) is 3.12. The lowest BCUT2D eigenvalue weighted by atomic mass is 10.1. The first-order chi connectivity index (χ1) is 9.10. The van der Waals surface area contributed by atoms with E-state index in [1.165, 1.54) is 6.07 Å². The van der Waals surface area contributed by atoms with Gasteiger partial charge in [-0.1, -0.05) is 13.3 Å². The maximum atomic E-state index is 13.4. The van der Waals surface area contributed by atoms with Gasteiger partial charge in [0.2, 0.25) is 5.91 Å². The van der Waals surface area contributed by atoms with Gasteiger partial charge in [-0.25, -0.2) is 14.2 Å². The van der Waals surface area contributed by atoms with Crippen molar-refractivity contribution in [3.8, 4) is 0 Å². The van der Waals surface area contributed by atoms with Gasteiger partial charge in [-0.15, -0.1) is 0 Å². The van der Waals surface area contributed by atoms with Crippen molar-refractivity contribution in [2.45, 2.75) is 38.3 Å².